The molecule has 1 aliphatic rings. The molecule has 41 heavy (non-hydrogen) atoms. The molecule has 3 aromatic rings. The summed E-state index contributed by atoms with van der Waals surface area (Å²) in [5, 5.41) is 16.2. The molecular weight excluding hydrogens is 559 g/mol. The average molecular weight is 589 g/mol. The van der Waals surface area contributed by atoms with Gasteiger partial charge >= 0.3 is 12.2 Å². The number of carbonyl (C=O) groups is 2. The van der Waals surface area contributed by atoms with Gasteiger partial charge in [0.1, 0.15) is 5.69 Å². The van der Waals surface area contributed by atoms with Gasteiger partial charge in [-0.15, -0.1) is 0 Å². The zero-order chi connectivity index (χ0) is 30.2. The standard InChI is InChI=1S/C24H29F5N8O4/c1-13-19(35-41-34-13)20(38)33-15(5-6-22(2,3)24(27,28)29)16-9-37-18(32-16)7-14(8-31-37)17(10-40-4)36-12-23(25,26)11-30-21(36)39/h7-9,15,17H,5-6,10-12H2,1-4H3,(H,30,39)(H,33,38)/t15-,17-/m1/s1. The number of fused-ring (bicyclic) bond motifs is 1. The van der Waals surface area contributed by atoms with Crippen LogP contribution in [0.3, 0.4) is 0 Å². The lowest BCUT2D eigenvalue weighted by Crippen LogP contribution is -2.58. The molecule has 1 fully saturated rings. The molecule has 0 radical (unpaired) electrons. The zero-order valence-electron chi connectivity index (χ0n) is 22.6. The predicted octanol–water partition coefficient (Wildman–Crippen LogP) is 3.61. The third kappa shape index (κ3) is 6.55. The number of carbonyl (C=O) groups excluding carboxylic acids is 2. The summed E-state index contributed by atoms with van der Waals surface area (Å²) in [6.07, 6.45) is -2.19. The van der Waals surface area contributed by atoms with Gasteiger partial charge in [0, 0.05) is 12.7 Å². The summed E-state index contributed by atoms with van der Waals surface area (Å²) in [7, 11) is 1.36. The molecule has 3 amide bonds. The topological polar surface area (TPSA) is 140 Å². The minimum atomic E-state index is -4.49. The second-order valence-electron chi connectivity index (χ2n) is 10.5. The van der Waals surface area contributed by atoms with Crippen LogP contribution < -0.4 is 10.6 Å². The number of rotatable bonds is 10. The maximum Gasteiger partial charge on any atom is 0.393 e. The van der Waals surface area contributed by atoms with Gasteiger partial charge in [0.15, 0.2) is 11.3 Å². The molecule has 0 aromatic carbocycles. The van der Waals surface area contributed by atoms with Crippen molar-refractivity contribution in [3.05, 3.63) is 41.1 Å². The third-order valence-corrected chi connectivity index (χ3v) is 6.96. The Morgan fingerprint density at radius 3 is 2.66 bits per heavy atom. The summed E-state index contributed by atoms with van der Waals surface area (Å²) >= 11 is 0. The fraction of sp³-hybridized carbons (Fsp3) is 0.583. The van der Waals surface area contributed by atoms with Gasteiger partial charge in [0.2, 0.25) is 0 Å². The Labute approximate surface area is 230 Å². The van der Waals surface area contributed by atoms with Crippen LogP contribution in [0.5, 0.6) is 0 Å². The predicted molar refractivity (Wildman–Crippen MR) is 131 cm³/mol. The molecule has 224 valence electrons. The molecule has 3 aromatic heterocycles. The van der Waals surface area contributed by atoms with E-state index in [-0.39, 0.29) is 42.2 Å². The maximum atomic E-state index is 14.1. The first-order valence-corrected chi connectivity index (χ1v) is 12.5. The van der Waals surface area contributed by atoms with Crippen LogP contribution >= 0.6 is 0 Å². The molecular formula is C24H29F5N8O4. The van der Waals surface area contributed by atoms with E-state index in [0.29, 0.717) is 5.56 Å². The zero-order valence-corrected chi connectivity index (χ0v) is 22.6. The SMILES string of the molecule is COC[C@H](c1cnn2cc([C@@H](CCC(C)(C)C(F)(F)F)NC(=O)c3nonc3C)nc2c1)N1CC(F)(F)CNC1=O. The number of imidazole rings is 1. The highest BCUT2D eigenvalue weighted by molar-refractivity contribution is 5.93. The highest BCUT2D eigenvalue weighted by Crippen LogP contribution is 2.42. The fourth-order valence-corrected chi connectivity index (χ4v) is 4.32. The number of halogens is 5. The lowest BCUT2D eigenvalue weighted by atomic mass is 9.85. The average Bonchev–Trinajstić information content (AvgIpc) is 3.51. The van der Waals surface area contributed by atoms with Crippen molar-refractivity contribution in [3.8, 4) is 0 Å². The van der Waals surface area contributed by atoms with E-state index in [9.17, 15) is 31.5 Å². The van der Waals surface area contributed by atoms with E-state index < -0.39 is 54.6 Å². The van der Waals surface area contributed by atoms with Gasteiger partial charge < -0.3 is 20.3 Å². The van der Waals surface area contributed by atoms with Crippen molar-refractivity contribution in [1.82, 2.24) is 40.4 Å². The Kier molecular flexibility index (Phi) is 8.20. The van der Waals surface area contributed by atoms with E-state index in [1.807, 2.05) is 0 Å². The Balaban J connectivity index is 1.66. The lowest BCUT2D eigenvalue weighted by Gasteiger charge is -2.38. The molecule has 4 rings (SSSR count). The molecule has 0 spiro atoms. The quantitative estimate of drug-likeness (QED) is 0.343. The van der Waals surface area contributed by atoms with Crippen molar-refractivity contribution in [3.63, 3.8) is 0 Å². The first kappa shape index (κ1) is 30.1. The van der Waals surface area contributed by atoms with Gasteiger partial charge in [-0.2, -0.15) is 18.3 Å². The summed E-state index contributed by atoms with van der Waals surface area (Å²) in [5.74, 6) is -3.88. The largest absolute Gasteiger partial charge is 0.393 e. The number of nitrogens with one attached hydrogen (secondary N) is 2. The van der Waals surface area contributed by atoms with Crippen LogP contribution in [0.2, 0.25) is 0 Å². The lowest BCUT2D eigenvalue weighted by molar-refractivity contribution is -0.214. The fourth-order valence-electron chi connectivity index (χ4n) is 4.32. The molecule has 0 aliphatic carbocycles. The number of aryl methyl sites for hydroxylation is 1. The van der Waals surface area contributed by atoms with E-state index in [2.05, 4.69) is 35.7 Å². The summed E-state index contributed by atoms with van der Waals surface area (Å²) in [4.78, 5) is 30.7. The molecule has 1 aliphatic heterocycles. The first-order valence-electron chi connectivity index (χ1n) is 12.5. The van der Waals surface area contributed by atoms with Crippen molar-refractivity contribution < 1.29 is 40.9 Å². The van der Waals surface area contributed by atoms with Gasteiger partial charge in [-0.25, -0.2) is 27.7 Å². The Bertz CT molecular complexity index is 1410. The van der Waals surface area contributed by atoms with E-state index >= 15 is 0 Å². The summed E-state index contributed by atoms with van der Waals surface area (Å²) in [6.45, 7) is 1.86. The van der Waals surface area contributed by atoms with Crippen LogP contribution in [-0.2, 0) is 4.74 Å². The molecule has 17 heteroatoms. The molecule has 0 saturated carbocycles. The van der Waals surface area contributed by atoms with E-state index in [1.165, 1.54) is 37.0 Å². The van der Waals surface area contributed by atoms with Crippen LogP contribution in [0, 0.1) is 12.3 Å². The number of hydrogen-bond donors (Lipinski definition) is 2. The van der Waals surface area contributed by atoms with Gasteiger partial charge in [-0.3, -0.25) is 4.79 Å². The number of hydrogen-bond acceptors (Lipinski definition) is 8. The number of amides is 3. The Hall–Kier alpha value is -3.89. The summed E-state index contributed by atoms with van der Waals surface area (Å²) in [5.41, 5.74) is -1.26. The van der Waals surface area contributed by atoms with Crippen LogP contribution in [0.1, 0.15) is 66.2 Å². The highest BCUT2D eigenvalue weighted by Gasteiger charge is 2.47. The van der Waals surface area contributed by atoms with Crippen molar-refractivity contribution in [2.45, 2.75) is 57.8 Å². The third-order valence-electron chi connectivity index (χ3n) is 6.96. The van der Waals surface area contributed by atoms with Crippen molar-refractivity contribution in [1.29, 1.82) is 0 Å². The van der Waals surface area contributed by atoms with E-state index in [0.717, 1.165) is 18.7 Å². The van der Waals surface area contributed by atoms with Gasteiger partial charge in [0.05, 0.1) is 55.3 Å². The van der Waals surface area contributed by atoms with Crippen LogP contribution in [0.15, 0.2) is 23.1 Å². The van der Waals surface area contributed by atoms with E-state index in [4.69, 9.17) is 4.74 Å². The highest BCUT2D eigenvalue weighted by atomic mass is 19.4. The molecule has 0 bridgehead atoms. The maximum absolute atomic E-state index is 14.1. The van der Waals surface area contributed by atoms with E-state index in [1.54, 1.807) is 0 Å². The normalized spacial score (nSPS) is 17.4. The van der Waals surface area contributed by atoms with Crippen LogP contribution in [0.25, 0.3) is 5.65 Å². The number of methoxy groups -OCH3 is 1. The molecule has 4 heterocycles. The number of alkyl halides is 5. The monoisotopic (exact) mass is 588 g/mol. The van der Waals surface area contributed by atoms with Gasteiger partial charge in [-0.05, 0) is 31.0 Å². The van der Waals surface area contributed by atoms with Gasteiger partial charge in [-0.1, -0.05) is 19.0 Å². The second-order valence-corrected chi connectivity index (χ2v) is 10.5. The number of urea groups is 1. The second kappa shape index (κ2) is 11.2. The number of aromatic nitrogens is 5. The van der Waals surface area contributed by atoms with Gasteiger partial charge in [0.25, 0.3) is 11.8 Å². The molecule has 1 saturated heterocycles. The Morgan fingerprint density at radius 1 is 1.29 bits per heavy atom. The molecule has 2 atom stereocenters. The summed E-state index contributed by atoms with van der Waals surface area (Å²) < 4.78 is 80.0. The minimum Gasteiger partial charge on any atom is -0.382 e. The smallest absolute Gasteiger partial charge is 0.382 e. The first-order chi connectivity index (χ1) is 19.1. The summed E-state index contributed by atoms with van der Waals surface area (Å²) in [6, 6.07) is -1.12. The number of nitrogens with zero attached hydrogens (tertiary/aromatic N) is 6. The molecule has 2 N–H and O–H groups in total. The van der Waals surface area contributed by atoms with Crippen molar-refractivity contribution in [2.24, 2.45) is 5.41 Å². The van der Waals surface area contributed by atoms with Crippen LogP contribution in [-0.4, -0.2) is 80.7 Å². The molecule has 12 nitrogen and oxygen atoms in total. The Morgan fingerprint density at radius 2 is 2.02 bits per heavy atom. The molecule has 0 unspecified atom stereocenters. The van der Waals surface area contributed by atoms with Crippen molar-refractivity contribution >= 4 is 17.6 Å². The minimum absolute atomic E-state index is 0.120. The van der Waals surface area contributed by atoms with Crippen molar-refractivity contribution in [2.75, 3.05) is 26.8 Å². The number of ether oxygens (including phenoxy) is 1. The van der Waals surface area contributed by atoms with Crippen LogP contribution in [0.4, 0.5) is 26.7 Å².